The number of hydrogen-bond donors (Lipinski definition) is 2. The number of anilines is 1. The highest BCUT2D eigenvalue weighted by molar-refractivity contribution is 5.92. The summed E-state index contributed by atoms with van der Waals surface area (Å²) in [5.74, 6) is 2.00. The van der Waals surface area contributed by atoms with Crippen LogP contribution in [-0.4, -0.2) is 25.5 Å². The molecule has 1 fully saturated rings. The Bertz CT molecular complexity index is 474. The minimum Gasteiger partial charge on any atom is -0.327 e. The third-order valence-corrected chi connectivity index (χ3v) is 4.35. The molecule has 3 atom stereocenters. The van der Waals surface area contributed by atoms with Gasteiger partial charge in [0, 0.05) is 17.5 Å². The van der Waals surface area contributed by atoms with Crippen LogP contribution in [0.15, 0.2) is 24.3 Å². The number of benzene rings is 1. The predicted octanol–water partition coefficient (Wildman–Crippen LogP) is 2.31. The Hall–Kier alpha value is -1.35. The molecule has 3 nitrogen and oxygen atoms in total. The molecule has 0 bridgehead atoms. The summed E-state index contributed by atoms with van der Waals surface area (Å²) in [5.41, 5.74) is 2.18. The van der Waals surface area contributed by atoms with Gasteiger partial charge in [0.2, 0.25) is 0 Å². The molecule has 0 saturated carbocycles. The highest BCUT2D eigenvalue weighted by Crippen LogP contribution is 2.23. The molecule has 1 aliphatic rings. The van der Waals surface area contributed by atoms with Gasteiger partial charge in [0.05, 0.1) is 13.1 Å². The Morgan fingerprint density at radius 2 is 1.86 bits per heavy atom. The van der Waals surface area contributed by atoms with Crippen LogP contribution in [0.4, 0.5) is 5.69 Å². The lowest BCUT2D eigenvalue weighted by Gasteiger charge is -2.31. The van der Waals surface area contributed by atoms with Crippen LogP contribution in [0.2, 0.25) is 0 Å². The second-order valence-corrected chi connectivity index (χ2v) is 7.07. The SMILES string of the molecule is CC(C)c1ccccc1NC(=O)C[NH+]1C[C@H](C)C[C@H](C)C1. The summed E-state index contributed by atoms with van der Waals surface area (Å²) < 4.78 is 0. The zero-order valence-electron chi connectivity index (χ0n) is 13.8. The lowest BCUT2D eigenvalue weighted by atomic mass is 9.92. The van der Waals surface area contributed by atoms with Crippen molar-refractivity contribution in [1.82, 2.24) is 0 Å². The van der Waals surface area contributed by atoms with Crippen molar-refractivity contribution in [1.29, 1.82) is 0 Å². The summed E-state index contributed by atoms with van der Waals surface area (Å²) in [6, 6.07) is 8.12. The molecular formula is C18H29N2O+. The van der Waals surface area contributed by atoms with Crippen LogP contribution in [-0.2, 0) is 4.79 Å². The van der Waals surface area contributed by atoms with Crippen molar-refractivity contribution in [2.75, 3.05) is 25.0 Å². The normalized spacial score (nSPS) is 25.9. The number of rotatable bonds is 4. The third-order valence-electron chi connectivity index (χ3n) is 4.35. The molecule has 1 aromatic carbocycles. The van der Waals surface area contributed by atoms with Crippen molar-refractivity contribution in [2.45, 2.75) is 40.0 Å². The standard InChI is InChI=1S/C18H28N2O/c1-13(2)16-7-5-6-8-17(16)19-18(21)12-20-10-14(3)9-15(4)11-20/h5-8,13-15H,9-12H2,1-4H3,(H,19,21)/p+1/t14-,15+. The molecule has 1 saturated heterocycles. The molecule has 2 N–H and O–H groups in total. The summed E-state index contributed by atoms with van der Waals surface area (Å²) in [6.07, 6.45) is 1.29. The number of para-hydroxylation sites is 1. The van der Waals surface area contributed by atoms with Gasteiger partial charge in [0.1, 0.15) is 0 Å². The molecule has 1 aliphatic heterocycles. The Labute approximate surface area is 128 Å². The molecule has 1 heterocycles. The number of carbonyl (C=O) groups is 1. The molecule has 2 rings (SSSR count). The number of carbonyl (C=O) groups excluding carboxylic acids is 1. The number of nitrogens with one attached hydrogen (secondary N) is 2. The van der Waals surface area contributed by atoms with E-state index in [-0.39, 0.29) is 5.91 Å². The Morgan fingerprint density at radius 1 is 1.24 bits per heavy atom. The van der Waals surface area contributed by atoms with Gasteiger partial charge in [-0.2, -0.15) is 0 Å². The van der Waals surface area contributed by atoms with E-state index in [9.17, 15) is 4.79 Å². The van der Waals surface area contributed by atoms with E-state index in [0.29, 0.717) is 12.5 Å². The van der Waals surface area contributed by atoms with Crippen molar-refractivity contribution >= 4 is 11.6 Å². The molecule has 116 valence electrons. The zero-order chi connectivity index (χ0) is 15.4. The van der Waals surface area contributed by atoms with Gasteiger partial charge in [-0.15, -0.1) is 0 Å². The lowest BCUT2D eigenvalue weighted by Crippen LogP contribution is -3.15. The number of quaternary nitrogens is 1. The minimum atomic E-state index is 0.138. The van der Waals surface area contributed by atoms with Crippen LogP contribution in [0.5, 0.6) is 0 Å². The number of piperidine rings is 1. The first-order valence-electron chi connectivity index (χ1n) is 8.18. The molecule has 1 aromatic rings. The van der Waals surface area contributed by atoms with E-state index < -0.39 is 0 Å². The van der Waals surface area contributed by atoms with Gasteiger partial charge in [0.25, 0.3) is 5.91 Å². The minimum absolute atomic E-state index is 0.138. The van der Waals surface area contributed by atoms with Crippen LogP contribution in [0.3, 0.4) is 0 Å². The van der Waals surface area contributed by atoms with Gasteiger partial charge in [-0.05, 0) is 24.0 Å². The number of likely N-dealkylation sites (tertiary alicyclic amines) is 1. The van der Waals surface area contributed by atoms with Crippen molar-refractivity contribution in [3.63, 3.8) is 0 Å². The maximum absolute atomic E-state index is 12.3. The van der Waals surface area contributed by atoms with Crippen molar-refractivity contribution in [3.8, 4) is 0 Å². The highest BCUT2D eigenvalue weighted by atomic mass is 16.2. The van der Waals surface area contributed by atoms with Crippen molar-refractivity contribution < 1.29 is 9.69 Å². The first-order valence-corrected chi connectivity index (χ1v) is 8.18. The van der Waals surface area contributed by atoms with Crippen LogP contribution in [0, 0.1) is 11.8 Å². The average molecular weight is 289 g/mol. The van der Waals surface area contributed by atoms with Gasteiger partial charge in [-0.25, -0.2) is 0 Å². The molecule has 1 unspecified atom stereocenters. The fourth-order valence-corrected chi connectivity index (χ4v) is 3.60. The van der Waals surface area contributed by atoms with E-state index in [2.05, 4.69) is 39.1 Å². The van der Waals surface area contributed by atoms with E-state index in [4.69, 9.17) is 0 Å². The summed E-state index contributed by atoms with van der Waals surface area (Å²) in [4.78, 5) is 13.8. The maximum Gasteiger partial charge on any atom is 0.279 e. The predicted molar refractivity (Wildman–Crippen MR) is 87.7 cm³/mol. The monoisotopic (exact) mass is 289 g/mol. The lowest BCUT2D eigenvalue weighted by molar-refractivity contribution is -0.904. The largest absolute Gasteiger partial charge is 0.327 e. The molecule has 0 aliphatic carbocycles. The molecule has 0 radical (unpaired) electrons. The maximum atomic E-state index is 12.3. The van der Waals surface area contributed by atoms with Gasteiger partial charge in [0.15, 0.2) is 6.54 Å². The van der Waals surface area contributed by atoms with E-state index in [1.165, 1.54) is 16.9 Å². The van der Waals surface area contributed by atoms with E-state index in [0.717, 1.165) is 30.6 Å². The topological polar surface area (TPSA) is 33.5 Å². The Morgan fingerprint density at radius 3 is 2.48 bits per heavy atom. The van der Waals surface area contributed by atoms with E-state index in [1.54, 1.807) is 0 Å². The van der Waals surface area contributed by atoms with E-state index in [1.807, 2.05) is 18.2 Å². The Kier molecular flexibility index (Phi) is 5.40. The van der Waals surface area contributed by atoms with Crippen molar-refractivity contribution in [2.24, 2.45) is 11.8 Å². The molecule has 3 heteroatoms. The van der Waals surface area contributed by atoms with Crippen LogP contribution >= 0.6 is 0 Å². The highest BCUT2D eigenvalue weighted by Gasteiger charge is 2.26. The second kappa shape index (κ2) is 7.08. The molecular weight excluding hydrogens is 260 g/mol. The fourth-order valence-electron chi connectivity index (χ4n) is 3.60. The van der Waals surface area contributed by atoms with Crippen LogP contribution < -0.4 is 10.2 Å². The number of amides is 1. The first-order chi connectivity index (χ1) is 9.95. The van der Waals surface area contributed by atoms with Crippen LogP contribution in [0.25, 0.3) is 0 Å². The third kappa shape index (κ3) is 4.57. The quantitative estimate of drug-likeness (QED) is 0.876. The molecule has 0 aromatic heterocycles. The first kappa shape index (κ1) is 16.0. The molecule has 1 amide bonds. The van der Waals surface area contributed by atoms with Gasteiger partial charge < -0.3 is 10.2 Å². The summed E-state index contributed by atoms with van der Waals surface area (Å²) in [5, 5.41) is 3.11. The van der Waals surface area contributed by atoms with Gasteiger partial charge >= 0.3 is 0 Å². The number of hydrogen-bond acceptors (Lipinski definition) is 1. The summed E-state index contributed by atoms with van der Waals surface area (Å²) >= 11 is 0. The fraction of sp³-hybridized carbons (Fsp3) is 0.611. The summed E-state index contributed by atoms with van der Waals surface area (Å²) in [7, 11) is 0. The van der Waals surface area contributed by atoms with Gasteiger partial charge in [-0.3, -0.25) is 4.79 Å². The average Bonchev–Trinajstić information content (AvgIpc) is 2.37. The molecule has 21 heavy (non-hydrogen) atoms. The van der Waals surface area contributed by atoms with Crippen LogP contribution in [0.1, 0.15) is 45.6 Å². The Balaban J connectivity index is 1.96. The summed E-state index contributed by atoms with van der Waals surface area (Å²) in [6.45, 7) is 11.7. The van der Waals surface area contributed by atoms with Gasteiger partial charge in [-0.1, -0.05) is 45.9 Å². The zero-order valence-corrected chi connectivity index (χ0v) is 13.8. The molecule has 0 spiro atoms. The smallest absolute Gasteiger partial charge is 0.279 e. The van der Waals surface area contributed by atoms with E-state index >= 15 is 0 Å². The second-order valence-electron chi connectivity index (χ2n) is 7.07. The van der Waals surface area contributed by atoms with Crippen molar-refractivity contribution in [3.05, 3.63) is 29.8 Å².